The molecule has 0 unspecified atom stereocenters. The van der Waals surface area contributed by atoms with Crippen LogP contribution in [0.4, 0.5) is 0 Å². The summed E-state index contributed by atoms with van der Waals surface area (Å²) in [7, 11) is 0. The van der Waals surface area contributed by atoms with Crippen LogP contribution in [-0.4, -0.2) is 9.97 Å². The summed E-state index contributed by atoms with van der Waals surface area (Å²) in [4.78, 5) is 7.85. The molecule has 4 rings (SSSR count). The van der Waals surface area contributed by atoms with E-state index in [0.717, 1.165) is 21.6 Å². The Bertz CT molecular complexity index is 809. The van der Waals surface area contributed by atoms with E-state index in [-0.39, 0.29) is 0 Å². The number of nitrogens with one attached hydrogen (secondary N) is 1. The van der Waals surface area contributed by atoms with Gasteiger partial charge < -0.3 is 4.98 Å². The fraction of sp³-hybridized carbons (Fsp3) is 0. The molecule has 0 aliphatic heterocycles. The van der Waals surface area contributed by atoms with E-state index in [1.807, 2.05) is 30.3 Å². The number of rotatable bonds is 1. The lowest BCUT2D eigenvalue weighted by molar-refractivity contribution is 1.43. The zero-order valence-corrected chi connectivity index (χ0v) is 10.3. The third-order valence-electron chi connectivity index (χ3n) is 3.03. The van der Waals surface area contributed by atoms with Crippen molar-refractivity contribution < 1.29 is 0 Å². The van der Waals surface area contributed by atoms with Crippen molar-refractivity contribution in [2.24, 2.45) is 0 Å². The number of hydrogen-bond donors (Lipinski definition) is 1. The first-order valence-electron chi connectivity index (χ1n) is 5.76. The summed E-state index contributed by atoms with van der Waals surface area (Å²) in [5.41, 5.74) is 3.22. The molecule has 0 aliphatic carbocycles. The fourth-order valence-corrected chi connectivity index (χ4v) is 3.14. The molecule has 18 heavy (non-hydrogen) atoms. The molecule has 85 valence electrons. The highest BCUT2D eigenvalue weighted by atomic mass is 32.1. The van der Waals surface area contributed by atoms with Gasteiger partial charge in [0.25, 0.3) is 0 Å². The highest BCUT2D eigenvalue weighted by Gasteiger charge is 2.10. The van der Waals surface area contributed by atoms with Gasteiger partial charge in [-0.25, -0.2) is 4.98 Å². The minimum absolute atomic E-state index is 1.02. The molecule has 4 aromatic rings. The van der Waals surface area contributed by atoms with Crippen molar-refractivity contribution in [1.29, 1.82) is 0 Å². The molecule has 2 aromatic carbocycles. The average Bonchev–Trinajstić information content (AvgIpc) is 3.02. The van der Waals surface area contributed by atoms with Crippen molar-refractivity contribution in [1.82, 2.24) is 9.97 Å². The Kier molecular flexibility index (Phi) is 2.02. The van der Waals surface area contributed by atoms with E-state index < -0.39 is 0 Å². The van der Waals surface area contributed by atoms with Crippen molar-refractivity contribution in [2.75, 3.05) is 0 Å². The van der Waals surface area contributed by atoms with Gasteiger partial charge >= 0.3 is 0 Å². The van der Waals surface area contributed by atoms with E-state index in [9.17, 15) is 0 Å². The zero-order valence-electron chi connectivity index (χ0n) is 9.47. The summed E-state index contributed by atoms with van der Waals surface area (Å²) < 4.78 is 1.21. The van der Waals surface area contributed by atoms with Crippen LogP contribution >= 0.6 is 11.3 Å². The monoisotopic (exact) mass is 249 g/mol. The average molecular weight is 249 g/mol. The van der Waals surface area contributed by atoms with Gasteiger partial charge in [0.1, 0.15) is 5.01 Å². The molecule has 3 heteroatoms. The van der Waals surface area contributed by atoms with E-state index in [1.54, 1.807) is 11.3 Å². The molecule has 0 saturated carbocycles. The minimum atomic E-state index is 1.02. The Morgan fingerprint density at radius 2 is 1.83 bits per heavy atom. The van der Waals surface area contributed by atoms with Crippen LogP contribution in [0, 0.1) is 6.20 Å². The predicted molar refractivity (Wildman–Crippen MR) is 75.7 cm³/mol. The topological polar surface area (TPSA) is 28.7 Å². The Hall–Kier alpha value is -2.13. The Morgan fingerprint density at radius 1 is 1.00 bits per heavy atom. The van der Waals surface area contributed by atoms with Crippen LogP contribution in [0.15, 0.2) is 48.5 Å². The van der Waals surface area contributed by atoms with Crippen molar-refractivity contribution >= 4 is 32.5 Å². The normalized spacial score (nSPS) is 11.3. The smallest absolute Gasteiger partial charge is 0.127 e. The Labute approximate surface area is 108 Å². The van der Waals surface area contributed by atoms with Crippen LogP contribution in [0.3, 0.4) is 0 Å². The Balaban J connectivity index is 2.01. The lowest BCUT2D eigenvalue weighted by Crippen LogP contribution is -1.72. The van der Waals surface area contributed by atoms with Gasteiger partial charge in [0.15, 0.2) is 0 Å². The molecular weight excluding hydrogens is 240 g/mol. The first-order chi connectivity index (χ1) is 8.92. The summed E-state index contributed by atoms with van der Waals surface area (Å²) >= 11 is 1.71. The van der Waals surface area contributed by atoms with Crippen LogP contribution in [0.1, 0.15) is 0 Å². The second-order valence-electron chi connectivity index (χ2n) is 4.16. The van der Waals surface area contributed by atoms with Crippen LogP contribution in [0.2, 0.25) is 0 Å². The third kappa shape index (κ3) is 1.38. The van der Waals surface area contributed by atoms with E-state index in [4.69, 9.17) is 0 Å². The molecule has 1 N–H and O–H groups in total. The summed E-state index contributed by atoms with van der Waals surface area (Å²) in [6.45, 7) is 0. The van der Waals surface area contributed by atoms with E-state index in [0.29, 0.717) is 0 Å². The number of benzene rings is 2. The SMILES string of the molecule is [c]1[nH]c2ccccc2c1-c1nc2ccccc2s1. The van der Waals surface area contributed by atoms with Crippen molar-refractivity contribution in [3.05, 3.63) is 54.7 Å². The first-order valence-corrected chi connectivity index (χ1v) is 6.58. The van der Waals surface area contributed by atoms with E-state index >= 15 is 0 Å². The molecule has 0 atom stereocenters. The summed E-state index contributed by atoms with van der Waals surface area (Å²) in [6.07, 6.45) is 3.21. The molecule has 0 saturated heterocycles. The van der Waals surface area contributed by atoms with Crippen LogP contribution in [0.25, 0.3) is 31.7 Å². The maximum absolute atomic E-state index is 4.67. The lowest BCUT2D eigenvalue weighted by atomic mass is 10.2. The van der Waals surface area contributed by atoms with Crippen molar-refractivity contribution in [3.8, 4) is 10.6 Å². The molecule has 0 aliphatic rings. The molecule has 0 spiro atoms. The van der Waals surface area contributed by atoms with Gasteiger partial charge in [-0.15, -0.1) is 11.3 Å². The maximum atomic E-state index is 4.67. The predicted octanol–water partition coefficient (Wildman–Crippen LogP) is 4.24. The molecule has 0 fully saturated rings. The van der Waals surface area contributed by atoms with E-state index in [2.05, 4.69) is 34.4 Å². The standard InChI is InChI=1S/C15H9N2S/c1-2-6-12-10(5-1)11(9-16-12)15-17-13-7-3-4-8-14(13)18-15/h1-8,16H. The minimum Gasteiger partial charge on any atom is -0.353 e. The van der Waals surface area contributed by atoms with Gasteiger partial charge in [-0.3, -0.25) is 0 Å². The first kappa shape index (κ1) is 9.85. The fourth-order valence-electron chi connectivity index (χ4n) is 2.16. The molecule has 2 heterocycles. The van der Waals surface area contributed by atoms with Crippen LogP contribution < -0.4 is 0 Å². The van der Waals surface area contributed by atoms with Crippen LogP contribution in [-0.2, 0) is 0 Å². The molecule has 1 radical (unpaired) electrons. The van der Waals surface area contributed by atoms with E-state index in [1.165, 1.54) is 10.1 Å². The summed E-state index contributed by atoms with van der Waals surface area (Å²) in [6, 6.07) is 16.4. The van der Waals surface area contributed by atoms with Crippen molar-refractivity contribution in [2.45, 2.75) is 0 Å². The second-order valence-corrected chi connectivity index (χ2v) is 5.19. The number of thiazole rings is 1. The van der Waals surface area contributed by atoms with Gasteiger partial charge in [-0.2, -0.15) is 0 Å². The quantitative estimate of drug-likeness (QED) is 0.537. The van der Waals surface area contributed by atoms with Gasteiger partial charge in [-0.1, -0.05) is 30.3 Å². The number of aromatic nitrogens is 2. The summed E-state index contributed by atoms with van der Waals surface area (Å²) in [5.74, 6) is 0. The largest absolute Gasteiger partial charge is 0.353 e. The highest BCUT2D eigenvalue weighted by molar-refractivity contribution is 7.21. The third-order valence-corrected chi connectivity index (χ3v) is 4.08. The number of fused-ring (bicyclic) bond motifs is 2. The molecule has 2 nitrogen and oxygen atoms in total. The number of H-pyrrole nitrogens is 1. The maximum Gasteiger partial charge on any atom is 0.127 e. The van der Waals surface area contributed by atoms with Gasteiger partial charge in [-0.05, 0) is 18.2 Å². The lowest BCUT2D eigenvalue weighted by Gasteiger charge is -1.91. The molecular formula is C15H9N2S. The molecule has 0 bridgehead atoms. The zero-order chi connectivity index (χ0) is 11.9. The molecule has 2 aromatic heterocycles. The summed E-state index contributed by atoms with van der Waals surface area (Å²) in [5, 5.41) is 2.20. The number of aromatic amines is 1. The van der Waals surface area contributed by atoms with Crippen LogP contribution in [0.5, 0.6) is 0 Å². The second kappa shape index (κ2) is 3.68. The van der Waals surface area contributed by atoms with Gasteiger partial charge in [0, 0.05) is 16.5 Å². The number of para-hydroxylation sites is 2. The van der Waals surface area contributed by atoms with Gasteiger partial charge in [0.2, 0.25) is 0 Å². The Morgan fingerprint density at radius 3 is 2.78 bits per heavy atom. The number of nitrogens with zero attached hydrogens (tertiary/aromatic N) is 1. The number of hydrogen-bond acceptors (Lipinski definition) is 2. The van der Waals surface area contributed by atoms with Crippen molar-refractivity contribution in [3.63, 3.8) is 0 Å². The highest BCUT2D eigenvalue weighted by Crippen LogP contribution is 2.33. The van der Waals surface area contributed by atoms with Gasteiger partial charge in [0.05, 0.1) is 16.4 Å². The molecule has 0 amide bonds.